The molecule has 0 aliphatic heterocycles. The monoisotopic (exact) mass is 317 g/mol. The maximum atomic E-state index is 12.0. The third-order valence-electron chi connectivity index (χ3n) is 4.24. The summed E-state index contributed by atoms with van der Waals surface area (Å²) in [7, 11) is 1.67. The van der Waals surface area contributed by atoms with Crippen LogP contribution in [0.1, 0.15) is 57.4 Å². The van der Waals surface area contributed by atoms with Crippen LogP contribution in [-0.4, -0.2) is 24.7 Å². The van der Waals surface area contributed by atoms with Gasteiger partial charge in [0, 0.05) is 17.1 Å². The number of hydrogen-bond acceptors (Lipinski definition) is 3. The average molecular weight is 317 g/mol. The summed E-state index contributed by atoms with van der Waals surface area (Å²) in [5.74, 6) is 0.898. The van der Waals surface area contributed by atoms with Crippen molar-refractivity contribution in [3.8, 4) is 5.75 Å². The number of H-pyrrole nitrogens is 1. The van der Waals surface area contributed by atoms with Crippen LogP contribution in [0.25, 0.3) is 10.9 Å². The minimum atomic E-state index is -0.119. The van der Waals surface area contributed by atoms with Crippen molar-refractivity contribution in [2.75, 3.05) is 13.7 Å². The van der Waals surface area contributed by atoms with Gasteiger partial charge in [0.25, 0.3) is 0 Å². The number of nitrogens with one attached hydrogen (secondary N) is 1. The fourth-order valence-electron chi connectivity index (χ4n) is 3.02. The van der Waals surface area contributed by atoms with E-state index in [4.69, 9.17) is 9.47 Å². The van der Waals surface area contributed by atoms with Crippen molar-refractivity contribution in [3.05, 3.63) is 30.0 Å². The lowest BCUT2D eigenvalue weighted by atomic mass is 9.90. The largest absolute Gasteiger partial charge is 0.497 e. The molecule has 4 heteroatoms. The van der Waals surface area contributed by atoms with Gasteiger partial charge < -0.3 is 14.5 Å². The molecule has 4 nitrogen and oxygen atoms in total. The van der Waals surface area contributed by atoms with E-state index in [1.165, 1.54) is 18.4 Å². The van der Waals surface area contributed by atoms with Crippen LogP contribution in [0.5, 0.6) is 5.75 Å². The van der Waals surface area contributed by atoms with Crippen molar-refractivity contribution < 1.29 is 14.3 Å². The summed E-state index contributed by atoms with van der Waals surface area (Å²) in [6.07, 6.45) is 6.94. The van der Waals surface area contributed by atoms with Crippen molar-refractivity contribution in [2.24, 2.45) is 0 Å². The van der Waals surface area contributed by atoms with E-state index in [9.17, 15) is 4.79 Å². The van der Waals surface area contributed by atoms with E-state index in [1.807, 2.05) is 31.3 Å². The van der Waals surface area contributed by atoms with Gasteiger partial charge in [-0.2, -0.15) is 0 Å². The van der Waals surface area contributed by atoms with Crippen molar-refractivity contribution in [1.82, 2.24) is 4.98 Å². The molecule has 1 atom stereocenters. The maximum absolute atomic E-state index is 12.0. The number of aromatic amines is 1. The molecule has 1 heterocycles. The minimum absolute atomic E-state index is 0.119. The third kappa shape index (κ3) is 4.50. The molecule has 1 unspecified atom stereocenters. The standard InChI is InChI=1S/C19H27NO3/c1-4-6-7-8-14(11-19(21)23-5-2)17-13-20-18-10-9-15(22-3)12-16(17)18/h9-10,12-14,20H,4-8,11H2,1-3H3. The molecule has 0 aliphatic carbocycles. The second kappa shape index (κ2) is 8.61. The number of esters is 1. The molecule has 0 spiro atoms. The van der Waals surface area contributed by atoms with E-state index in [1.54, 1.807) is 7.11 Å². The highest BCUT2D eigenvalue weighted by molar-refractivity contribution is 5.86. The van der Waals surface area contributed by atoms with Gasteiger partial charge in [0.15, 0.2) is 0 Å². The Hall–Kier alpha value is -1.97. The Morgan fingerprint density at radius 3 is 2.78 bits per heavy atom. The van der Waals surface area contributed by atoms with Crippen LogP contribution in [0.2, 0.25) is 0 Å². The quantitative estimate of drug-likeness (QED) is 0.534. The van der Waals surface area contributed by atoms with E-state index < -0.39 is 0 Å². The number of fused-ring (bicyclic) bond motifs is 1. The van der Waals surface area contributed by atoms with E-state index >= 15 is 0 Å². The number of methoxy groups -OCH3 is 1. The number of hydrogen-bond donors (Lipinski definition) is 1. The normalized spacial score (nSPS) is 12.3. The summed E-state index contributed by atoms with van der Waals surface area (Å²) >= 11 is 0. The van der Waals surface area contributed by atoms with E-state index in [2.05, 4.69) is 11.9 Å². The Labute approximate surface area is 138 Å². The lowest BCUT2D eigenvalue weighted by Crippen LogP contribution is -2.10. The number of aromatic nitrogens is 1. The van der Waals surface area contributed by atoms with Gasteiger partial charge in [-0.15, -0.1) is 0 Å². The molecule has 23 heavy (non-hydrogen) atoms. The maximum Gasteiger partial charge on any atom is 0.306 e. The third-order valence-corrected chi connectivity index (χ3v) is 4.24. The summed E-state index contributed by atoms with van der Waals surface area (Å²) in [6, 6.07) is 6.00. The highest BCUT2D eigenvalue weighted by atomic mass is 16.5. The molecule has 2 rings (SSSR count). The van der Waals surface area contributed by atoms with E-state index in [0.29, 0.717) is 13.0 Å². The van der Waals surface area contributed by atoms with Gasteiger partial charge in [0.05, 0.1) is 20.1 Å². The predicted octanol–water partition coefficient (Wildman–Crippen LogP) is 4.79. The highest BCUT2D eigenvalue weighted by Crippen LogP contribution is 2.34. The smallest absolute Gasteiger partial charge is 0.306 e. The van der Waals surface area contributed by atoms with Crippen LogP contribution in [0.15, 0.2) is 24.4 Å². The molecule has 0 fully saturated rings. The molecule has 0 saturated heterocycles. The Morgan fingerprint density at radius 2 is 2.09 bits per heavy atom. The fraction of sp³-hybridized carbons (Fsp3) is 0.526. The average Bonchev–Trinajstić information content (AvgIpc) is 2.97. The Balaban J connectivity index is 2.27. The van der Waals surface area contributed by atoms with Crippen molar-refractivity contribution in [1.29, 1.82) is 0 Å². The molecule has 1 aromatic carbocycles. The number of rotatable bonds is 9. The van der Waals surface area contributed by atoms with Crippen LogP contribution in [0, 0.1) is 0 Å². The number of ether oxygens (including phenoxy) is 2. The van der Waals surface area contributed by atoms with Crippen molar-refractivity contribution in [3.63, 3.8) is 0 Å². The van der Waals surface area contributed by atoms with Gasteiger partial charge in [-0.05, 0) is 43.0 Å². The first-order chi connectivity index (χ1) is 11.2. The van der Waals surface area contributed by atoms with Crippen LogP contribution < -0.4 is 4.74 Å². The van der Waals surface area contributed by atoms with Crippen LogP contribution in [-0.2, 0) is 9.53 Å². The topological polar surface area (TPSA) is 51.3 Å². The zero-order valence-electron chi connectivity index (χ0n) is 14.4. The van der Waals surface area contributed by atoms with Gasteiger partial charge in [-0.25, -0.2) is 0 Å². The number of unbranched alkanes of at least 4 members (excludes halogenated alkanes) is 2. The molecule has 0 saturated carbocycles. The molecule has 0 bridgehead atoms. The Bertz CT molecular complexity index is 633. The molecule has 1 aromatic heterocycles. The molecule has 1 N–H and O–H groups in total. The lowest BCUT2D eigenvalue weighted by Gasteiger charge is -2.16. The Kier molecular flexibility index (Phi) is 6.51. The van der Waals surface area contributed by atoms with Gasteiger partial charge in [-0.1, -0.05) is 26.2 Å². The molecule has 2 aromatic rings. The van der Waals surface area contributed by atoms with Gasteiger partial charge in [0.1, 0.15) is 5.75 Å². The van der Waals surface area contributed by atoms with Gasteiger partial charge >= 0.3 is 5.97 Å². The summed E-state index contributed by atoms with van der Waals surface area (Å²) in [5, 5.41) is 1.13. The van der Waals surface area contributed by atoms with Gasteiger partial charge in [-0.3, -0.25) is 4.79 Å². The van der Waals surface area contributed by atoms with Crippen LogP contribution >= 0.6 is 0 Å². The summed E-state index contributed by atoms with van der Waals surface area (Å²) in [6.45, 7) is 4.47. The molecular weight excluding hydrogens is 290 g/mol. The minimum Gasteiger partial charge on any atom is -0.497 e. The number of carbonyl (C=O) groups excluding carboxylic acids is 1. The van der Waals surface area contributed by atoms with E-state index in [0.717, 1.165) is 29.5 Å². The SMILES string of the molecule is CCCCCC(CC(=O)OCC)c1c[nH]c2ccc(OC)cc12. The van der Waals surface area contributed by atoms with E-state index in [-0.39, 0.29) is 11.9 Å². The first kappa shape index (κ1) is 17.4. The second-order valence-corrected chi connectivity index (χ2v) is 5.86. The van der Waals surface area contributed by atoms with Gasteiger partial charge in [0.2, 0.25) is 0 Å². The molecule has 0 aliphatic rings. The number of benzene rings is 1. The molecule has 0 radical (unpaired) electrons. The summed E-state index contributed by atoms with van der Waals surface area (Å²) < 4.78 is 10.5. The zero-order valence-corrected chi connectivity index (χ0v) is 14.4. The number of carbonyl (C=O) groups is 1. The first-order valence-corrected chi connectivity index (χ1v) is 8.50. The van der Waals surface area contributed by atoms with Crippen molar-refractivity contribution >= 4 is 16.9 Å². The Morgan fingerprint density at radius 1 is 1.26 bits per heavy atom. The van der Waals surface area contributed by atoms with Crippen LogP contribution in [0.4, 0.5) is 0 Å². The lowest BCUT2D eigenvalue weighted by molar-refractivity contribution is -0.143. The van der Waals surface area contributed by atoms with Crippen molar-refractivity contribution in [2.45, 2.75) is 51.9 Å². The summed E-state index contributed by atoms with van der Waals surface area (Å²) in [5.41, 5.74) is 2.26. The molecular formula is C19H27NO3. The zero-order chi connectivity index (χ0) is 16.7. The fourth-order valence-corrected chi connectivity index (χ4v) is 3.02. The highest BCUT2D eigenvalue weighted by Gasteiger charge is 2.20. The van der Waals surface area contributed by atoms with Crippen LogP contribution in [0.3, 0.4) is 0 Å². The molecule has 126 valence electrons. The summed E-state index contributed by atoms with van der Waals surface area (Å²) in [4.78, 5) is 15.3. The predicted molar refractivity (Wildman–Crippen MR) is 93.0 cm³/mol. The second-order valence-electron chi connectivity index (χ2n) is 5.86. The molecule has 0 amide bonds. The first-order valence-electron chi connectivity index (χ1n) is 8.50.